The predicted octanol–water partition coefficient (Wildman–Crippen LogP) is 5.17. The molecule has 1 aromatic carbocycles. The highest BCUT2D eigenvalue weighted by molar-refractivity contribution is 8.93. The predicted molar refractivity (Wildman–Crippen MR) is 135 cm³/mol. The minimum atomic E-state index is -3.07. The molecular formula is C24H37BrF4N2O6. The Hall–Kier alpha value is -2.41. The molecule has 13 heteroatoms. The van der Waals surface area contributed by atoms with Crippen molar-refractivity contribution in [1.29, 1.82) is 0 Å². The van der Waals surface area contributed by atoms with Gasteiger partial charge >= 0.3 is 18.0 Å². The maximum atomic E-state index is 13.7. The fraction of sp³-hybridized carbons (Fsp3) is 0.625. The molecular weight excluding hydrogens is 568 g/mol. The van der Waals surface area contributed by atoms with Gasteiger partial charge in [0.1, 0.15) is 18.7 Å². The van der Waals surface area contributed by atoms with E-state index in [4.69, 9.17) is 10.5 Å². The minimum absolute atomic E-state index is 0. The average molecular weight is 605 g/mol. The van der Waals surface area contributed by atoms with Crippen molar-refractivity contribution in [3.8, 4) is 0 Å². The number of amides is 1. The van der Waals surface area contributed by atoms with Crippen LogP contribution in [0.2, 0.25) is 0 Å². The normalized spacial score (nSPS) is 12.6. The average Bonchev–Trinajstić information content (AvgIpc) is 2.81. The molecule has 0 heterocycles. The van der Waals surface area contributed by atoms with Crippen LogP contribution in [0.4, 0.5) is 22.4 Å². The van der Waals surface area contributed by atoms with E-state index in [0.29, 0.717) is 6.42 Å². The minimum Gasteiger partial charge on any atom is -0.468 e. The Morgan fingerprint density at radius 2 is 1.38 bits per heavy atom. The summed E-state index contributed by atoms with van der Waals surface area (Å²) < 4.78 is 66.7. The molecule has 0 unspecified atom stereocenters. The fourth-order valence-corrected chi connectivity index (χ4v) is 3.03. The summed E-state index contributed by atoms with van der Waals surface area (Å²) in [5.41, 5.74) is 5.93. The van der Waals surface area contributed by atoms with E-state index in [1.54, 1.807) is 38.1 Å². The van der Waals surface area contributed by atoms with Gasteiger partial charge in [0.05, 0.1) is 14.2 Å². The number of ether oxygens (including phenoxy) is 3. The summed E-state index contributed by atoms with van der Waals surface area (Å²) in [7, 11) is 2.20. The largest absolute Gasteiger partial charge is 0.468 e. The van der Waals surface area contributed by atoms with E-state index in [-0.39, 0.29) is 42.9 Å². The molecule has 37 heavy (non-hydrogen) atoms. The van der Waals surface area contributed by atoms with Crippen molar-refractivity contribution < 1.29 is 46.2 Å². The van der Waals surface area contributed by atoms with Crippen LogP contribution in [0, 0.1) is 0 Å². The van der Waals surface area contributed by atoms with Crippen molar-refractivity contribution in [1.82, 2.24) is 5.32 Å². The molecule has 1 aromatic rings. The number of methoxy groups -OCH3 is 2. The molecule has 1 rings (SSSR count). The molecule has 0 fully saturated rings. The van der Waals surface area contributed by atoms with E-state index >= 15 is 0 Å². The van der Waals surface area contributed by atoms with E-state index in [0.717, 1.165) is 19.8 Å². The number of carbonyl (C=O) groups excluding carboxylic acids is 3. The summed E-state index contributed by atoms with van der Waals surface area (Å²) >= 11 is 0. The summed E-state index contributed by atoms with van der Waals surface area (Å²) in [6.07, 6.45) is -2.42. The lowest BCUT2D eigenvalue weighted by Crippen LogP contribution is -2.45. The number of halogens is 5. The maximum Gasteiger partial charge on any atom is 0.408 e. The van der Waals surface area contributed by atoms with E-state index in [1.165, 1.54) is 0 Å². The van der Waals surface area contributed by atoms with E-state index in [1.807, 2.05) is 6.07 Å². The van der Waals surface area contributed by atoms with Gasteiger partial charge in [-0.2, -0.15) is 0 Å². The van der Waals surface area contributed by atoms with Crippen LogP contribution in [0.25, 0.3) is 0 Å². The van der Waals surface area contributed by atoms with Gasteiger partial charge in [-0.15, -0.1) is 17.0 Å². The molecule has 3 N–H and O–H groups in total. The van der Waals surface area contributed by atoms with Crippen LogP contribution >= 0.6 is 17.0 Å². The van der Waals surface area contributed by atoms with Crippen LogP contribution < -0.4 is 11.1 Å². The van der Waals surface area contributed by atoms with Gasteiger partial charge in [0.15, 0.2) is 0 Å². The molecule has 0 saturated heterocycles. The summed E-state index contributed by atoms with van der Waals surface area (Å²) in [5, 5.41) is 2.14. The standard InChI is InChI=1S/C16H21F2NO4.C8H15F2NO2.BrH/c1-3-9-16(17,18)10-13(14(20)22-2)19-15(21)23-11-12-7-5-4-6-8-12;1-3-4-8(9,10)5-6(11)7(12)13-2;/h4-8,13H,3,9-11H2,1-2H3,(H,19,21);6H,3-5,11H2,1-2H3;1H/t13-;6-;/m00./s1. The Morgan fingerprint density at radius 3 is 1.84 bits per heavy atom. The molecule has 1 amide bonds. The zero-order valence-electron chi connectivity index (χ0n) is 21.4. The number of alkyl carbamates (subject to hydrolysis) is 1. The summed E-state index contributed by atoms with van der Waals surface area (Å²) in [6, 6.07) is 6.18. The van der Waals surface area contributed by atoms with Crippen molar-refractivity contribution in [2.24, 2.45) is 5.73 Å². The molecule has 214 valence electrons. The number of alkyl halides is 4. The lowest BCUT2D eigenvalue weighted by atomic mass is 10.0. The zero-order valence-corrected chi connectivity index (χ0v) is 23.2. The number of esters is 2. The van der Waals surface area contributed by atoms with Gasteiger partial charge in [-0.3, -0.25) is 4.79 Å². The van der Waals surface area contributed by atoms with Gasteiger partial charge in [-0.25, -0.2) is 27.2 Å². The molecule has 0 aliphatic carbocycles. The van der Waals surface area contributed by atoms with Gasteiger partial charge in [-0.05, 0) is 5.56 Å². The topological polar surface area (TPSA) is 117 Å². The number of carbonyl (C=O) groups is 3. The third-order valence-electron chi connectivity index (χ3n) is 4.75. The fourth-order valence-electron chi connectivity index (χ4n) is 3.03. The molecule has 0 aromatic heterocycles. The highest BCUT2D eigenvalue weighted by atomic mass is 79.9. The molecule has 0 spiro atoms. The number of nitrogens with two attached hydrogens (primary N) is 1. The smallest absolute Gasteiger partial charge is 0.408 e. The quantitative estimate of drug-likeness (QED) is 0.181. The van der Waals surface area contributed by atoms with Gasteiger partial charge in [0.2, 0.25) is 5.92 Å². The highest BCUT2D eigenvalue weighted by Gasteiger charge is 2.36. The molecule has 0 radical (unpaired) electrons. The van der Waals surface area contributed by atoms with Gasteiger partial charge in [-0.1, -0.05) is 57.0 Å². The number of hydrogen-bond donors (Lipinski definition) is 2. The molecule has 0 bridgehead atoms. The number of rotatable bonds is 13. The van der Waals surface area contributed by atoms with E-state index < -0.39 is 54.8 Å². The third kappa shape index (κ3) is 16.9. The Labute approximate surface area is 225 Å². The Morgan fingerprint density at radius 1 is 0.892 bits per heavy atom. The second kappa shape index (κ2) is 18.8. The monoisotopic (exact) mass is 604 g/mol. The van der Waals surface area contributed by atoms with Gasteiger partial charge in [0, 0.05) is 25.7 Å². The van der Waals surface area contributed by atoms with Crippen molar-refractivity contribution in [3.05, 3.63) is 35.9 Å². The van der Waals surface area contributed by atoms with Crippen LogP contribution in [-0.4, -0.2) is 56.2 Å². The highest BCUT2D eigenvalue weighted by Crippen LogP contribution is 2.27. The van der Waals surface area contributed by atoms with Crippen molar-refractivity contribution in [3.63, 3.8) is 0 Å². The van der Waals surface area contributed by atoms with Crippen LogP contribution in [0.5, 0.6) is 0 Å². The van der Waals surface area contributed by atoms with Crippen molar-refractivity contribution >= 4 is 35.0 Å². The second-order valence-corrected chi connectivity index (χ2v) is 8.03. The first-order valence-electron chi connectivity index (χ1n) is 11.4. The Bertz CT molecular complexity index is 803. The molecule has 2 atom stereocenters. The van der Waals surface area contributed by atoms with Crippen molar-refractivity contribution in [2.45, 2.75) is 82.9 Å². The van der Waals surface area contributed by atoms with Crippen LogP contribution in [0.15, 0.2) is 30.3 Å². The Kier molecular flexibility index (Phi) is 18.6. The summed E-state index contributed by atoms with van der Waals surface area (Å²) in [5.74, 6) is -7.67. The first-order valence-corrected chi connectivity index (χ1v) is 11.4. The number of benzene rings is 1. The zero-order chi connectivity index (χ0) is 27.8. The first kappa shape index (κ1) is 36.7. The summed E-state index contributed by atoms with van der Waals surface area (Å²) in [4.78, 5) is 34.0. The Balaban J connectivity index is 0. The van der Waals surface area contributed by atoms with Crippen LogP contribution in [0.1, 0.15) is 57.9 Å². The molecule has 0 aliphatic rings. The van der Waals surface area contributed by atoms with Crippen LogP contribution in [0.3, 0.4) is 0 Å². The van der Waals surface area contributed by atoms with Gasteiger partial charge < -0.3 is 25.3 Å². The molecule has 8 nitrogen and oxygen atoms in total. The SMILES string of the molecule is Br.CCCC(F)(F)C[C@H](N)C(=O)OC.CCCC(F)(F)C[C@H](NC(=O)OCc1ccccc1)C(=O)OC. The van der Waals surface area contributed by atoms with Gasteiger partial charge in [0.25, 0.3) is 5.92 Å². The number of nitrogens with one attached hydrogen (secondary N) is 1. The van der Waals surface area contributed by atoms with E-state index in [2.05, 4.69) is 14.8 Å². The first-order chi connectivity index (χ1) is 16.8. The lowest BCUT2D eigenvalue weighted by Gasteiger charge is -2.22. The van der Waals surface area contributed by atoms with Crippen LogP contribution in [-0.2, 0) is 30.4 Å². The molecule has 0 saturated carbocycles. The second-order valence-electron chi connectivity index (χ2n) is 8.03. The van der Waals surface area contributed by atoms with E-state index in [9.17, 15) is 31.9 Å². The molecule has 0 aliphatic heterocycles. The summed E-state index contributed by atoms with van der Waals surface area (Å²) in [6.45, 7) is 3.24. The third-order valence-corrected chi connectivity index (χ3v) is 4.75. The van der Waals surface area contributed by atoms with Crippen molar-refractivity contribution in [2.75, 3.05) is 14.2 Å². The maximum absolute atomic E-state index is 13.7. The lowest BCUT2D eigenvalue weighted by molar-refractivity contribution is -0.146. The number of hydrogen-bond acceptors (Lipinski definition) is 7.